The van der Waals surface area contributed by atoms with Crippen molar-refractivity contribution in [1.29, 1.82) is 0 Å². The van der Waals surface area contributed by atoms with E-state index < -0.39 is 11.5 Å². The summed E-state index contributed by atoms with van der Waals surface area (Å²) in [4.78, 5) is 15.9. The molecular weight excluding hydrogens is 278 g/mol. The average Bonchev–Trinajstić information content (AvgIpc) is 3.10. The van der Waals surface area contributed by atoms with Crippen LogP contribution in [0.5, 0.6) is 0 Å². The number of aromatic nitrogens is 2. The van der Waals surface area contributed by atoms with Crippen LogP contribution in [0.1, 0.15) is 36.0 Å². The molecular formula is C13H15N3O3S. The Kier molecular flexibility index (Phi) is 3.31. The number of hydrogen-bond donors (Lipinski definition) is 2. The summed E-state index contributed by atoms with van der Waals surface area (Å²) in [6.07, 6.45) is 1.66. The number of aliphatic carboxylic acids is 1. The summed E-state index contributed by atoms with van der Waals surface area (Å²) in [7, 11) is 0. The topological polar surface area (TPSA) is 88.2 Å². The van der Waals surface area contributed by atoms with E-state index in [1.54, 1.807) is 5.51 Å². The molecule has 2 unspecified atom stereocenters. The molecule has 2 aromatic heterocycles. The highest BCUT2D eigenvalue weighted by atomic mass is 32.1. The van der Waals surface area contributed by atoms with Gasteiger partial charge >= 0.3 is 5.97 Å². The van der Waals surface area contributed by atoms with E-state index in [1.165, 1.54) is 11.3 Å². The second kappa shape index (κ2) is 4.99. The van der Waals surface area contributed by atoms with Gasteiger partial charge in [-0.1, -0.05) is 5.16 Å². The molecule has 2 atom stereocenters. The fourth-order valence-corrected chi connectivity index (χ4v) is 3.22. The van der Waals surface area contributed by atoms with Crippen molar-refractivity contribution in [3.05, 3.63) is 34.1 Å². The molecule has 1 aliphatic heterocycles. The van der Waals surface area contributed by atoms with Gasteiger partial charge < -0.3 is 9.63 Å². The van der Waals surface area contributed by atoms with Gasteiger partial charge in [0.25, 0.3) is 0 Å². The third-order valence-electron chi connectivity index (χ3n) is 3.69. The summed E-state index contributed by atoms with van der Waals surface area (Å²) >= 11 is 1.47. The first kappa shape index (κ1) is 13.3. The van der Waals surface area contributed by atoms with Gasteiger partial charge in [0, 0.05) is 17.9 Å². The Balaban J connectivity index is 1.81. The standard InChI is InChI=1S/C13H15N3O3S/c1-8-4-11(16-19-8)10-2-3-13(15-10,12(17)18)5-9-6-20-7-14-9/h4,6-7,10,15H,2-3,5H2,1H3,(H,17,18). The van der Waals surface area contributed by atoms with Crippen LogP contribution in [0.15, 0.2) is 21.5 Å². The van der Waals surface area contributed by atoms with Gasteiger partial charge in [-0.05, 0) is 19.8 Å². The van der Waals surface area contributed by atoms with E-state index >= 15 is 0 Å². The number of rotatable bonds is 4. The second-order valence-corrected chi connectivity index (χ2v) is 5.86. The molecule has 6 nitrogen and oxygen atoms in total. The van der Waals surface area contributed by atoms with Crippen molar-refractivity contribution < 1.29 is 14.4 Å². The van der Waals surface area contributed by atoms with Crippen LogP contribution in [-0.4, -0.2) is 26.8 Å². The molecule has 20 heavy (non-hydrogen) atoms. The van der Waals surface area contributed by atoms with E-state index in [9.17, 15) is 9.90 Å². The lowest BCUT2D eigenvalue weighted by molar-refractivity contribution is -0.144. The predicted octanol–water partition coefficient (Wildman–Crippen LogP) is 1.93. The van der Waals surface area contributed by atoms with Crippen LogP contribution >= 0.6 is 11.3 Å². The normalized spacial score (nSPS) is 25.9. The van der Waals surface area contributed by atoms with Crippen LogP contribution in [-0.2, 0) is 11.2 Å². The van der Waals surface area contributed by atoms with Gasteiger partial charge in [-0.3, -0.25) is 10.1 Å². The Morgan fingerprint density at radius 2 is 2.55 bits per heavy atom. The monoisotopic (exact) mass is 293 g/mol. The summed E-state index contributed by atoms with van der Waals surface area (Å²) in [5.74, 6) is -0.109. The third kappa shape index (κ3) is 2.34. The molecule has 3 rings (SSSR count). The van der Waals surface area contributed by atoms with E-state index in [2.05, 4.69) is 15.5 Å². The molecule has 3 heterocycles. The Morgan fingerprint density at radius 1 is 1.70 bits per heavy atom. The molecule has 0 radical (unpaired) electrons. The Hall–Kier alpha value is -1.73. The minimum absolute atomic E-state index is 0.0813. The lowest BCUT2D eigenvalue weighted by Gasteiger charge is -2.24. The zero-order valence-electron chi connectivity index (χ0n) is 11.0. The van der Waals surface area contributed by atoms with E-state index in [0.29, 0.717) is 12.8 Å². The second-order valence-electron chi connectivity index (χ2n) is 5.14. The Morgan fingerprint density at radius 3 is 3.15 bits per heavy atom. The quantitative estimate of drug-likeness (QED) is 0.895. The molecule has 0 aliphatic carbocycles. The maximum Gasteiger partial charge on any atom is 0.324 e. The number of nitrogens with one attached hydrogen (secondary N) is 1. The molecule has 0 saturated carbocycles. The van der Waals surface area contributed by atoms with Crippen molar-refractivity contribution >= 4 is 17.3 Å². The number of nitrogens with zero attached hydrogens (tertiary/aromatic N) is 2. The minimum atomic E-state index is -0.967. The number of carboxylic acid groups (broad SMARTS) is 1. The summed E-state index contributed by atoms with van der Waals surface area (Å²) in [5, 5.41) is 18.7. The number of carboxylic acids is 1. The largest absolute Gasteiger partial charge is 0.480 e. The number of carbonyl (C=O) groups is 1. The molecule has 7 heteroatoms. The maximum atomic E-state index is 11.7. The molecule has 0 bridgehead atoms. The summed E-state index contributed by atoms with van der Waals surface area (Å²) in [6, 6.07) is 1.76. The Labute approximate surface area is 119 Å². The van der Waals surface area contributed by atoms with Crippen LogP contribution in [0.2, 0.25) is 0 Å². The predicted molar refractivity (Wildman–Crippen MR) is 72.5 cm³/mol. The van der Waals surface area contributed by atoms with Gasteiger partial charge in [-0.15, -0.1) is 11.3 Å². The minimum Gasteiger partial charge on any atom is -0.480 e. The lowest BCUT2D eigenvalue weighted by Crippen LogP contribution is -2.50. The van der Waals surface area contributed by atoms with Gasteiger partial charge in [-0.2, -0.15) is 0 Å². The fourth-order valence-electron chi connectivity index (χ4n) is 2.66. The maximum absolute atomic E-state index is 11.7. The molecule has 0 spiro atoms. The van der Waals surface area contributed by atoms with Crippen molar-refractivity contribution in [2.45, 2.75) is 37.8 Å². The summed E-state index contributed by atoms with van der Waals surface area (Å²) < 4.78 is 5.06. The van der Waals surface area contributed by atoms with Gasteiger partial charge in [0.1, 0.15) is 17.0 Å². The first-order chi connectivity index (χ1) is 9.59. The first-order valence-electron chi connectivity index (χ1n) is 6.40. The first-order valence-corrected chi connectivity index (χ1v) is 7.35. The smallest absolute Gasteiger partial charge is 0.324 e. The zero-order chi connectivity index (χ0) is 14.2. The van der Waals surface area contributed by atoms with Gasteiger partial charge in [0.15, 0.2) is 0 Å². The number of hydrogen-bond acceptors (Lipinski definition) is 6. The van der Waals surface area contributed by atoms with Gasteiger partial charge in [0.2, 0.25) is 0 Å². The van der Waals surface area contributed by atoms with E-state index in [1.807, 2.05) is 18.4 Å². The highest BCUT2D eigenvalue weighted by molar-refractivity contribution is 7.07. The van der Waals surface area contributed by atoms with Crippen LogP contribution in [0, 0.1) is 6.92 Å². The van der Waals surface area contributed by atoms with Crippen LogP contribution in [0.4, 0.5) is 0 Å². The number of thiazole rings is 1. The molecule has 1 fully saturated rings. The molecule has 1 aliphatic rings. The summed E-state index contributed by atoms with van der Waals surface area (Å²) in [5.41, 5.74) is 2.33. The third-order valence-corrected chi connectivity index (χ3v) is 4.32. The van der Waals surface area contributed by atoms with Crippen LogP contribution < -0.4 is 5.32 Å². The summed E-state index contributed by atoms with van der Waals surface area (Å²) in [6.45, 7) is 1.82. The molecule has 2 N–H and O–H groups in total. The molecule has 1 saturated heterocycles. The lowest BCUT2D eigenvalue weighted by atomic mass is 9.92. The van der Waals surface area contributed by atoms with Crippen LogP contribution in [0.3, 0.4) is 0 Å². The van der Waals surface area contributed by atoms with E-state index in [0.717, 1.165) is 23.6 Å². The highest BCUT2D eigenvalue weighted by Crippen LogP contribution is 2.35. The van der Waals surface area contributed by atoms with Crippen molar-refractivity contribution in [2.24, 2.45) is 0 Å². The number of aryl methyl sites for hydroxylation is 1. The van der Waals surface area contributed by atoms with Crippen molar-refractivity contribution in [2.75, 3.05) is 0 Å². The van der Waals surface area contributed by atoms with E-state index in [4.69, 9.17) is 4.52 Å². The van der Waals surface area contributed by atoms with Crippen molar-refractivity contribution in [3.63, 3.8) is 0 Å². The SMILES string of the molecule is Cc1cc(C2CCC(Cc3cscn3)(C(=O)O)N2)no1. The molecule has 0 aromatic carbocycles. The van der Waals surface area contributed by atoms with Gasteiger partial charge in [0.05, 0.1) is 17.2 Å². The van der Waals surface area contributed by atoms with Crippen molar-refractivity contribution in [1.82, 2.24) is 15.5 Å². The van der Waals surface area contributed by atoms with E-state index in [-0.39, 0.29) is 6.04 Å². The molecule has 0 amide bonds. The van der Waals surface area contributed by atoms with Gasteiger partial charge in [-0.25, -0.2) is 4.98 Å². The molecule has 2 aromatic rings. The Bertz CT molecular complexity index is 610. The van der Waals surface area contributed by atoms with Crippen molar-refractivity contribution in [3.8, 4) is 0 Å². The fraction of sp³-hybridized carbons (Fsp3) is 0.462. The zero-order valence-corrected chi connectivity index (χ0v) is 11.8. The molecule has 106 valence electrons. The van der Waals surface area contributed by atoms with Crippen LogP contribution in [0.25, 0.3) is 0 Å². The highest BCUT2D eigenvalue weighted by Gasteiger charge is 2.46. The average molecular weight is 293 g/mol.